The summed E-state index contributed by atoms with van der Waals surface area (Å²) in [6, 6.07) is 0. The molecule has 0 saturated heterocycles. The molecule has 2 bridgehead atoms. The molecule has 0 aromatic rings. The fourth-order valence-corrected chi connectivity index (χ4v) is 4.40. The minimum Gasteiger partial charge on any atom is -0.325 e. The van der Waals surface area contributed by atoms with E-state index in [2.05, 4.69) is 12.2 Å². The molecule has 2 atom stereocenters. The molecule has 2 aliphatic carbocycles. The predicted octanol–water partition coefficient (Wildman–Crippen LogP) is 4.52. The van der Waals surface area contributed by atoms with Gasteiger partial charge in [-0.3, -0.25) is 0 Å². The van der Waals surface area contributed by atoms with E-state index in [1.807, 2.05) is 0 Å². The van der Waals surface area contributed by atoms with Gasteiger partial charge in [0.25, 0.3) is 0 Å². The summed E-state index contributed by atoms with van der Waals surface area (Å²) in [5.41, 5.74) is 7.06. The minimum atomic E-state index is 0.185. The van der Waals surface area contributed by atoms with E-state index >= 15 is 0 Å². The Labute approximate surface area is 126 Å². The van der Waals surface area contributed by atoms with Gasteiger partial charge in [-0.15, -0.1) is 0 Å². The second-order valence-corrected chi connectivity index (χ2v) is 7.57. The van der Waals surface area contributed by atoms with Gasteiger partial charge in [-0.1, -0.05) is 51.9 Å². The lowest BCUT2D eigenvalue weighted by Gasteiger charge is -2.38. The average Bonchev–Trinajstić information content (AvgIpc) is 2.67. The highest BCUT2D eigenvalue weighted by Gasteiger charge is 2.48. The molecule has 0 aromatic carbocycles. The third-order valence-electron chi connectivity index (χ3n) is 5.65. The quantitative estimate of drug-likeness (QED) is 0.577. The highest BCUT2D eigenvalue weighted by molar-refractivity contribution is 5.09. The van der Waals surface area contributed by atoms with Gasteiger partial charge in [-0.05, 0) is 51.5 Å². The Morgan fingerprint density at radius 2 is 1.55 bits per heavy atom. The number of fused-ring (bicyclic) bond motifs is 2. The number of unbranched alkanes of at least 4 members (excludes halogenated alkanes) is 7. The van der Waals surface area contributed by atoms with E-state index in [0.29, 0.717) is 5.54 Å². The maximum absolute atomic E-state index is 6.46. The minimum absolute atomic E-state index is 0.185. The predicted molar refractivity (Wildman–Crippen MR) is 88.0 cm³/mol. The molecule has 0 unspecified atom stereocenters. The normalized spacial score (nSPS) is 32.7. The van der Waals surface area contributed by atoms with E-state index in [4.69, 9.17) is 5.73 Å². The van der Waals surface area contributed by atoms with Gasteiger partial charge < -0.3 is 11.1 Å². The molecule has 0 spiro atoms. The third-order valence-corrected chi connectivity index (χ3v) is 5.65. The van der Waals surface area contributed by atoms with Crippen molar-refractivity contribution in [3.05, 3.63) is 0 Å². The number of hydrogen-bond acceptors (Lipinski definition) is 2. The first kappa shape index (κ1) is 16.3. The summed E-state index contributed by atoms with van der Waals surface area (Å²) in [7, 11) is 0. The van der Waals surface area contributed by atoms with Crippen LogP contribution in [0.25, 0.3) is 0 Å². The summed E-state index contributed by atoms with van der Waals surface area (Å²) in [4.78, 5) is 0. The Hall–Kier alpha value is -0.0800. The lowest BCUT2D eigenvalue weighted by molar-refractivity contribution is 0.226. The first-order valence-corrected chi connectivity index (χ1v) is 9.22. The van der Waals surface area contributed by atoms with Gasteiger partial charge >= 0.3 is 0 Å². The molecule has 0 aliphatic heterocycles. The third kappa shape index (κ3) is 4.73. The van der Waals surface area contributed by atoms with Crippen LogP contribution in [0.3, 0.4) is 0 Å². The summed E-state index contributed by atoms with van der Waals surface area (Å²) < 4.78 is 0. The molecule has 3 N–H and O–H groups in total. The summed E-state index contributed by atoms with van der Waals surface area (Å²) in [6.07, 6.45) is 19.1. The monoisotopic (exact) mass is 280 g/mol. The maximum Gasteiger partial charge on any atom is 0.0199 e. The van der Waals surface area contributed by atoms with E-state index in [1.165, 1.54) is 96.4 Å². The van der Waals surface area contributed by atoms with Crippen molar-refractivity contribution in [2.75, 3.05) is 6.54 Å². The summed E-state index contributed by atoms with van der Waals surface area (Å²) in [5, 5.41) is 3.88. The van der Waals surface area contributed by atoms with Gasteiger partial charge in [0.1, 0.15) is 0 Å². The van der Waals surface area contributed by atoms with Crippen molar-refractivity contribution < 1.29 is 0 Å². The summed E-state index contributed by atoms with van der Waals surface area (Å²) in [5.74, 6) is 0. The van der Waals surface area contributed by atoms with Crippen molar-refractivity contribution in [3.8, 4) is 0 Å². The standard InChI is InChI=1S/C18H36N2/c1-2-3-4-5-6-7-8-9-15-20-18-12-10-11-17(19,16-18)13-14-18/h20H,2-16,19H2,1H3/t17-,18+/m1/s1. The molecule has 2 fully saturated rings. The highest BCUT2D eigenvalue weighted by Crippen LogP contribution is 2.46. The van der Waals surface area contributed by atoms with Crippen LogP contribution >= 0.6 is 0 Å². The van der Waals surface area contributed by atoms with Crippen LogP contribution in [0.4, 0.5) is 0 Å². The maximum atomic E-state index is 6.46. The fraction of sp³-hybridized carbons (Fsp3) is 1.00. The Morgan fingerprint density at radius 1 is 0.850 bits per heavy atom. The molecule has 2 saturated carbocycles. The van der Waals surface area contributed by atoms with Crippen molar-refractivity contribution >= 4 is 0 Å². The molecular formula is C18H36N2. The van der Waals surface area contributed by atoms with Crippen LogP contribution < -0.4 is 11.1 Å². The molecule has 0 heterocycles. The Balaban J connectivity index is 1.49. The zero-order valence-corrected chi connectivity index (χ0v) is 13.7. The first-order chi connectivity index (χ1) is 9.68. The highest BCUT2D eigenvalue weighted by atomic mass is 15.0. The van der Waals surface area contributed by atoms with Crippen molar-refractivity contribution in [2.24, 2.45) is 5.73 Å². The van der Waals surface area contributed by atoms with Crippen LogP contribution in [-0.2, 0) is 0 Å². The van der Waals surface area contributed by atoms with Gasteiger partial charge in [-0.25, -0.2) is 0 Å². The molecule has 0 radical (unpaired) electrons. The summed E-state index contributed by atoms with van der Waals surface area (Å²) >= 11 is 0. The molecule has 118 valence electrons. The molecule has 2 heteroatoms. The van der Waals surface area contributed by atoms with E-state index in [9.17, 15) is 0 Å². The molecule has 0 aromatic heterocycles. The number of nitrogens with one attached hydrogen (secondary N) is 1. The number of rotatable bonds is 10. The van der Waals surface area contributed by atoms with Crippen LogP contribution in [0.2, 0.25) is 0 Å². The van der Waals surface area contributed by atoms with Gasteiger partial charge in [-0.2, -0.15) is 0 Å². The molecule has 2 nitrogen and oxygen atoms in total. The molecule has 2 aliphatic rings. The molecular weight excluding hydrogens is 244 g/mol. The zero-order valence-electron chi connectivity index (χ0n) is 13.7. The second kappa shape index (κ2) is 7.79. The first-order valence-electron chi connectivity index (χ1n) is 9.22. The van der Waals surface area contributed by atoms with E-state index < -0.39 is 0 Å². The van der Waals surface area contributed by atoms with Crippen molar-refractivity contribution in [1.29, 1.82) is 0 Å². The van der Waals surface area contributed by atoms with Crippen LogP contribution in [0.1, 0.15) is 96.8 Å². The van der Waals surface area contributed by atoms with Gasteiger partial charge in [0, 0.05) is 11.1 Å². The smallest absolute Gasteiger partial charge is 0.0199 e. The topological polar surface area (TPSA) is 38.0 Å². The van der Waals surface area contributed by atoms with Gasteiger partial charge in [0.2, 0.25) is 0 Å². The van der Waals surface area contributed by atoms with Crippen molar-refractivity contribution in [1.82, 2.24) is 5.32 Å². The molecule has 2 rings (SSSR count). The number of nitrogens with two attached hydrogens (primary N) is 1. The van der Waals surface area contributed by atoms with Crippen LogP contribution in [0, 0.1) is 0 Å². The lowest BCUT2D eigenvalue weighted by atomic mass is 9.79. The zero-order chi connectivity index (χ0) is 14.3. The fourth-order valence-electron chi connectivity index (χ4n) is 4.40. The second-order valence-electron chi connectivity index (χ2n) is 7.57. The Bertz CT molecular complexity index is 279. The van der Waals surface area contributed by atoms with E-state index in [1.54, 1.807) is 0 Å². The molecule has 20 heavy (non-hydrogen) atoms. The van der Waals surface area contributed by atoms with Crippen LogP contribution in [-0.4, -0.2) is 17.6 Å². The average molecular weight is 280 g/mol. The van der Waals surface area contributed by atoms with Crippen molar-refractivity contribution in [3.63, 3.8) is 0 Å². The van der Waals surface area contributed by atoms with Gasteiger partial charge in [0.15, 0.2) is 0 Å². The van der Waals surface area contributed by atoms with Gasteiger partial charge in [0.05, 0.1) is 0 Å². The van der Waals surface area contributed by atoms with Crippen molar-refractivity contribution in [2.45, 2.75) is 108 Å². The lowest BCUT2D eigenvalue weighted by Crippen LogP contribution is -2.50. The van der Waals surface area contributed by atoms with Crippen LogP contribution in [0.5, 0.6) is 0 Å². The SMILES string of the molecule is CCCCCCCCCCN[C@@]12CCC[C@@](N)(CC1)C2. The van der Waals surface area contributed by atoms with E-state index in [0.717, 1.165) is 0 Å². The van der Waals surface area contributed by atoms with E-state index in [-0.39, 0.29) is 5.54 Å². The molecule has 0 amide bonds. The number of hydrogen-bond donors (Lipinski definition) is 2. The Morgan fingerprint density at radius 3 is 2.30 bits per heavy atom. The summed E-state index contributed by atoms with van der Waals surface area (Å²) in [6.45, 7) is 3.50. The Kier molecular flexibility index (Phi) is 6.35. The van der Waals surface area contributed by atoms with Crippen LogP contribution in [0.15, 0.2) is 0 Å². The largest absolute Gasteiger partial charge is 0.325 e.